The van der Waals surface area contributed by atoms with E-state index in [-0.39, 0.29) is 0 Å². The Morgan fingerprint density at radius 3 is 2.76 bits per heavy atom. The monoisotopic (exact) mass is 288 g/mol. The number of aryl methyl sites for hydroxylation is 1. The predicted molar refractivity (Wildman–Crippen MR) is 86.9 cm³/mol. The number of methoxy groups -OCH3 is 1. The Labute approximate surface area is 128 Å². The maximum Gasteiger partial charge on any atom is 0.119 e. The number of nitrogens with one attached hydrogen (secondary N) is 1. The van der Waals surface area contributed by atoms with Crippen molar-refractivity contribution in [3.8, 4) is 5.75 Å². The van der Waals surface area contributed by atoms with E-state index in [0.29, 0.717) is 12.1 Å². The summed E-state index contributed by atoms with van der Waals surface area (Å²) in [5.74, 6) is 0.978. The standard InChI is InChI=1S/C18H28N2O/c1-4-11-19-18-16-12-15(21-3)9-5-13(16)6-10-17(18)20(2)14-7-8-14/h5,9,12,14,17-19H,4,6-8,10-11H2,1-3H3. The van der Waals surface area contributed by atoms with Crippen LogP contribution in [0.1, 0.15) is 49.8 Å². The highest BCUT2D eigenvalue weighted by atomic mass is 16.5. The Balaban J connectivity index is 1.88. The number of rotatable bonds is 6. The molecule has 3 rings (SSSR count). The maximum atomic E-state index is 5.45. The first-order valence-corrected chi connectivity index (χ1v) is 8.36. The van der Waals surface area contributed by atoms with Gasteiger partial charge in [-0.3, -0.25) is 4.90 Å². The van der Waals surface area contributed by atoms with Gasteiger partial charge in [-0.2, -0.15) is 0 Å². The lowest BCUT2D eigenvalue weighted by atomic mass is 9.83. The first-order chi connectivity index (χ1) is 10.2. The van der Waals surface area contributed by atoms with E-state index in [2.05, 4.69) is 42.4 Å². The Morgan fingerprint density at radius 1 is 1.29 bits per heavy atom. The molecule has 21 heavy (non-hydrogen) atoms. The van der Waals surface area contributed by atoms with Crippen LogP contribution >= 0.6 is 0 Å². The highest BCUT2D eigenvalue weighted by molar-refractivity contribution is 5.40. The average molecular weight is 288 g/mol. The first kappa shape index (κ1) is 14.9. The van der Waals surface area contributed by atoms with Crippen molar-refractivity contribution in [1.82, 2.24) is 10.2 Å². The zero-order chi connectivity index (χ0) is 14.8. The quantitative estimate of drug-likeness (QED) is 0.870. The Bertz CT molecular complexity index is 484. The van der Waals surface area contributed by atoms with Gasteiger partial charge in [-0.1, -0.05) is 13.0 Å². The van der Waals surface area contributed by atoms with E-state index in [0.717, 1.165) is 18.3 Å². The Kier molecular flexibility index (Phi) is 4.51. The molecule has 0 bridgehead atoms. The van der Waals surface area contributed by atoms with Crippen molar-refractivity contribution in [3.63, 3.8) is 0 Å². The van der Waals surface area contributed by atoms with E-state index in [9.17, 15) is 0 Å². The lowest BCUT2D eigenvalue weighted by molar-refractivity contribution is 0.164. The van der Waals surface area contributed by atoms with E-state index in [4.69, 9.17) is 4.74 Å². The molecule has 0 aromatic heterocycles. The van der Waals surface area contributed by atoms with Crippen molar-refractivity contribution in [2.75, 3.05) is 20.7 Å². The molecule has 1 aromatic rings. The summed E-state index contributed by atoms with van der Waals surface area (Å²) in [6.45, 7) is 3.32. The number of nitrogens with zero attached hydrogens (tertiary/aromatic N) is 1. The third-order valence-corrected chi connectivity index (χ3v) is 5.04. The van der Waals surface area contributed by atoms with Crippen molar-refractivity contribution in [1.29, 1.82) is 0 Å². The third-order valence-electron chi connectivity index (χ3n) is 5.04. The molecule has 0 heterocycles. The van der Waals surface area contributed by atoms with E-state index in [1.54, 1.807) is 7.11 Å². The molecular weight excluding hydrogens is 260 g/mol. The van der Waals surface area contributed by atoms with Crippen LogP contribution in [-0.2, 0) is 6.42 Å². The average Bonchev–Trinajstić information content (AvgIpc) is 3.36. The van der Waals surface area contributed by atoms with Crippen molar-refractivity contribution in [3.05, 3.63) is 29.3 Å². The minimum Gasteiger partial charge on any atom is -0.497 e. The largest absolute Gasteiger partial charge is 0.497 e. The summed E-state index contributed by atoms with van der Waals surface area (Å²) < 4.78 is 5.45. The molecule has 2 atom stereocenters. The van der Waals surface area contributed by atoms with Crippen LogP contribution in [0.5, 0.6) is 5.75 Å². The van der Waals surface area contributed by atoms with Gasteiger partial charge in [0.25, 0.3) is 0 Å². The number of likely N-dealkylation sites (N-methyl/N-ethyl adjacent to an activating group) is 1. The molecule has 2 unspecified atom stereocenters. The van der Waals surface area contributed by atoms with E-state index >= 15 is 0 Å². The zero-order valence-corrected chi connectivity index (χ0v) is 13.6. The second-order valence-corrected chi connectivity index (χ2v) is 6.50. The van der Waals surface area contributed by atoms with Gasteiger partial charge in [-0.05, 0) is 69.0 Å². The topological polar surface area (TPSA) is 24.5 Å². The fourth-order valence-corrected chi connectivity index (χ4v) is 3.63. The molecule has 1 N–H and O–H groups in total. The van der Waals surface area contributed by atoms with Gasteiger partial charge in [0.15, 0.2) is 0 Å². The number of hydrogen-bond donors (Lipinski definition) is 1. The minimum absolute atomic E-state index is 0.439. The fourth-order valence-electron chi connectivity index (χ4n) is 3.63. The van der Waals surface area contributed by atoms with Gasteiger partial charge in [0, 0.05) is 18.1 Å². The minimum atomic E-state index is 0.439. The normalized spacial score (nSPS) is 25.0. The molecule has 0 radical (unpaired) electrons. The van der Waals surface area contributed by atoms with Crippen molar-refractivity contribution < 1.29 is 4.74 Å². The molecule has 0 saturated heterocycles. The van der Waals surface area contributed by atoms with Gasteiger partial charge in [0.05, 0.1) is 7.11 Å². The molecule has 0 spiro atoms. The van der Waals surface area contributed by atoms with Gasteiger partial charge in [-0.15, -0.1) is 0 Å². The highest BCUT2D eigenvalue weighted by Gasteiger charge is 2.38. The maximum absolute atomic E-state index is 5.45. The fraction of sp³-hybridized carbons (Fsp3) is 0.667. The summed E-state index contributed by atoms with van der Waals surface area (Å²) >= 11 is 0. The van der Waals surface area contributed by atoms with Crippen LogP contribution in [0.15, 0.2) is 18.2 Å². The third kappa shape index (κ3) is 3.09. The van der Waals surface area contributed by atoms with Crippen LogP contribution in [-0.4, -0.2) is 37.7 Å². The van der Waals surface area contributed by atoms with Crippen molar-refractivity contribution in [2.24, 2.45) is 0 Å². The molecule has 1 fully saturated rings. The van der Waals surface area contributed by atoms with Crippen LogP contribution in [0, 0.1) is 0 Å². The van der Waals surface area contributed by atoms with Gasteiger partial charge in [0.1, 0.15) is 5.75 Å². The molecule has 0 amide bonds. The summed E-state index contributed by atoms with van der Waals surface area (Å²) in [7, 11) is 4.07. The number of hydrogen-bond acceptors (Lipinski definition) is 3. The van der Waals surface area contributed by atoms with Crippen LogP contribution in [0.4, 0.5) is 0 Å². The molecule has 3 heteroatoms. The van der Waals surface area contributed by atoms with Gasteiger partial charge >= 0.3 is 0 Å². The van der Waals surface area contributed by atoms with Gasteiger partial charge in [0.2, 0.25) is 0 Å². The second kappa shape index (κ2) is 6.37. The predicted octanol–water partition coefficient (Wildman–Crippen LogP) is 3.14. The molecular formula is C18H28N2O. The van der Waals surface area contributed by atoms with Crippen molar-refractivity contribution >= 4 is 0 Å². The van der Waals surface area contributed by atoms with Crippen LogP contribution in [0.3, 0.4) is 0 Å². The lowest BCUT2D eigenvalue weighted by Gasteiger charge is -2.40. The lowest BCUT2D eigenvalue weighted by Crippen LogP contribution is -2.46. The SMILES string of the molecule is CCCNC1c2cc(OC)ccc2CCC1N(C)C1CC1. The first-order valence-electron chi connectivity index (χ1n) is 8.36. The highest BCUT2D eigenvalue weighted by Crippen LogP contribution is 2.38. The molecule has 1 aromatic carbocycles. The molecule has 1 saturated carbocycles. The number of fused-ring (bicyclic) bond motifs is 1. The molecule has 2 aliphatic carbocycles. The summed E-state index contributed by atoms with van der Waals surface area (Å²) in [5, 5.41) is 3.80. The van der Waals surface area contributed by atoms with Gasteiger partial charge in [-0.25, -0.2) is 0 Å². The van der Waals surface area contributed by atoms with Crippen LogP contribution in [0.2, 0.25) is 0 Å². The number of benzene rings is 1. The van der Waals surface area contributed by atoms with Crippen LogP contribution in [0.25, 0.3) is 0 Å². The van der Waals surface area contributed by atoms with E-state index in [1.807, 2.05) is 0 Å². The number of ether oxygens (including phenoxy) is 1. The molecule has 0 aliphatic heterocycles. The second-order valence-electron chi connectivity index (χ2n) is 6.50. The summed E-state index contributed by atoms with van der Waals surface area (Å²) in [5.41, 5.74) is 2.94. The summed E-state index contributed by atoms with van der Waals surface area (Å²) in [6.07, 6.45) is 6.37. The van der Waals surface area contributed by atoms with Gasteiger partial charge < -0.3 is 10.1 Å². The smallest absolute Gasteiger partial charge is 0.119 e. The summed E-state index contributed by atoms with van der Waals surface area (Å²) in [4.78, 5) is 2.62. The van der Waals surface area contributed by atoms with Crippen molar-refractivity contribution in [2.45, 2.75) is 57.2 Å². The van der Waals surface area contributed by atoms with Crippen LogP contribution < -0.4 is 10.1 Å². The Hall–Kier alpha value is -1.06. The zero-order valence-electron chi connectivity index (χ0n) is 13.6. The molecule has 116 valence electrons. The molecule has 2 aliphatic rings. The van der Waals surface area contributed by atoms with E-state index < -0.39 is 0 Å². The Morgan fingerprint density at radius 2 is 2.10 bits per heavy atom. The van der Waals surface area contributed by atoms with E-state index in [1.165, 1.54) is 43.2 Å². The summed E-state index contributed by atoms with van der Waals surface area (Å²) in [6, 6.07) is 8.46. The molecule has 3 nitrogen and oxygen atoms in total.